The zero-order valence-electron chi connectivity index (χ0n) is 13.1. The summed E-state index contributed by atoms with van der Waals surface area (Å²) in [5, 5.41) is 0. The summed E-state index contributed by atoms with van der Waals surface area (Å²) in [7, 11) is 3.49. The molecule has 0 spiro atoms. The Bertz CT molecular complexity index is 481. The maximum Gasteiger partial charge on any atom is 0.224 e. The molecule has 0 heterocycles. The average Bonchev–Trinajstić information content (AvgIpc) is 2.47. The highest BCUT2D eigenvalue weighted by Crippen LogP contribution is 2.29. The smallest absolute Gasteiger partial charge is 0.224 e. The van der Waals surface area contributed by atoms with Gasteiger partial charge in [0, 0.05) is 25.6 Å². The van der Waals surface area contributed by atoms with Crippen molar-refractivity contribution in [1.82, 2.24) is 4.90 Å². The van der Waals surface area contributed by atoms with E-state index in [0.717, 1.165) is 37.0 Å². The molecule has 1 fully saturated rings. The molecule has 1 amide bonds. The summed E-state index contributed by atoms with van der Waals surface area (Å²) in [6.45, 7) is 0.589. The van der Waals surface area contributed by atoms with Crippen molar-refractivity contribution in [2.24, 2.45) is 5.73 Å². The molecule has 0 unspecified atom stereocenters. The highest BCUT2D eigenvalue weighted by Gasteiger charge is 2.31. The number of nitrogens with zero attached hydrogens (tertiary/aromatic N) is 1. The third-order valence-electron chi connectivity index (χ3n) is 4.33. The van der Waals surface area contributed by atoms with E-state index in [1.54, 1.807) is 12.0 Å². The number of amides is 1. The standard InChI is InChI=1S/C17H26N2O2/c1-19(13-14-7-6-8-15(11-14)21-2)16(20)12-17(18)9-4-3-5-10-17/h6-8,11H,3-5,9-10,12-13,18H2,1-2H3. The van der Waals surface area contributed by atoms with Gasteiger partial charge < -0.3 is 15.4 Å². The van der Waals surface area contributed by atoms with Gasteiger partial charge in [0.1, 0.15) is 5.75 Å². The van der Waals surface area contributed by atoms with Crippen LogP contribution in [0.5, 0.6) is 5.75 Å². The van der Waals surface area contributed by atoms with E-state index in [2.05, 4.69) is 0 Å². The number of carbonyl (C=O) groups is 1. The molecule has 0 saturated heterocycles. The minimum Gasteiger partial charge on any atom is -0.497 e. The number of methoxy groups -OCH3 is 1. The zero-order chi connectivity index (χ0) is 15.3. The maximum absolute atomic E-state index is 12.4. The van der Waals surface area contributed by atoms with Gasteiger partial charge >= 0.3 is 0 Å². The van der Waals surface area contributed by atoms with E-state index in [-0.39, 0.29) is 11.4 Å². The highest BCUT2D eigenvalue weighted by atomic mass is 16.5. The molecule has 1 aliphatic rings. The van der Waals surface area contributed by atoms with E-state index in [1.807, 2.05) is 31.3 Å². The molecular formula is C17H26N2O2. The third-order valence-corrected chi connectivity index (χ3v) is 4.33. The lowest BCUT2D eigenvalue weighted by molar-refractivity contribution is -0.132. The van der Waals surface area contributed by atoms with Crippen molar-refractivity contribution in [3.05, 3.63) is 29.8 Å². The molecule has 0 aliphatic heterocycles. The topological polar surface area (TPSA) is 55.6 Å². The highest BCUT2D eigenvalue weighted by molar-refractivity contribution is 5.77. The number of benzene rings is 1. The molecule has 2 N–H and O–H groups in total. The fourth-order valence-corrected chi connectivity index (χ4v) is 3.00. The van der Waals surface area contributed by atoms with Crippen LogP contribution in [0.4, 0.5) is 0 Å². The van der Waals surface area contributed by atoms with Gasteiger partial charge in [0.15, 0.2) is 0 Å². The molecule has 0 radical (unpaired) electrons. The second-order valence-electron chi connectivity index (χ2n) is 6.20. The molecule has 0 atom stereocenters. The second-order valence-corrected chi connectivity index (χ2v) is 6.20. The Balaban J connectivity index is 1.92. The van der Waals surface area contributed by atoms with Crippen LogP contribution in [0.1, 0.15) is 44.1 Å². The van der Waals surface area contributed by atoms with Crippen LogP contribution in [0, 0.1) is 0 Å². The van der Waals surface area contributed by atoms with Crippen LogP contribution in [0.2, 0.25) is 0 Å². The van der Waals surface area contributed by atoms with Crippen LogP contribution in [0.25, 0.3) is 0 Å². The van der Waals surface area contributed by atoms with E-state index in [1.165, 1.54) is 6.42 Å². The maximum atomic E-state index is 12.4. The quantitative estimate of drug-likeness (QED) is 0.907. The van der Waals surface area contributed by atoms with E-state index in [4.69, 9.17) is 10.5 Å². The Kier molecular flexibility index (Phi) is 5.23. The molecule has 116 valence electrons. The number of hydrogen-bond acceptors (Lipinski definition) is 3. The minimum absolute atomic E-state index is 0.127. The predicted octanol–water partition coefficient (Wildman–Crippen LogP) is 2.71. The van der Waals surface area contributed by atoms with Crippen molar-refractivity contribution in [3.63, 3.8) is 0 Å². The van der Waals surface area contributed by atoms with E-state index in [0.29, 0.717) is 13.0 Å². The van der Waals surface area contributed by atoms with Crippen molar-refractivity contribution in [2.45, 2.75) is 50.6 Å². The van der Waals surface area contributed by atoms with E-state index >= 15 is 0 Å². The van der Waals surface area contributed by atoms with Gasteiger partial charge in [0.2, 0.25) is 5.91 Å². The number of nitrogens with two attached hydrogens (primary N) is 1. The molecule has 1 saturated carbocycles. The number of carbonyl (C=O) groups excluding carboxylic acids is 1. The molecule has 1 aliphatic carbocycles. The first-order valence-corrected chi connectivity index (χ1v) is 7.68. The normalized spacial score (nSPS) is 17.3. The van der Waals surface area contributed by atoms with Crippen molar-refractivity contribution in [1.29, 1.82) is 0 Å². The average molecular weight is 290 g/mol. The first-order chi connectivity index (χ1) is 10.0. The van der Waals surface area contributed by atoms with Crippen LogP contribution < -0.4 is 10.5 Å². The number of hydrogen-bond donors (Lipinski definition) is 1. The number of rotatable bonds is 5. The molecular weight excluding hydrogens is 264 g/mol. The minimum atomic E-state index is -0.294. The van der Waals surface area contributed by atoms with Gasteiger partial charge in [-0.3, -0.25) is 4.79 Å². The summed E-state index contributed by atoms with van der Waals surface area (Å²) < 4.78 is 5.21. The van der Waals surface area contributed by atoms with E-state index in [9.17, 15) is 4.79 Å². The molecule has 4 nitrogen and oxygen atoms in total. The molecule has 0 bridgehead atoms. The largest absolute Gasteiger partial charge is 0.497 e. The van der Waals surface area contributed by atoms with Crippen LogP contribution >= 0.6 is 0 Å². The van der Waals surface area contributed by atoms with Crippen molar-refractivity contribution in [3.8, 4) is 5.75 Å². The van der Waals surface area contributed by atoms with Gasteiger partial charge in [-0.15, -0.1) is 0 Å². The van der Waals surface area contributed by atoms with E-state index < -0.39 is 0 Å². The van der Waals surface area contributed by atoms with Gasteiger partial charge in [-0.05, 0) is 30.5 Å². The summed E-state index contributed by atoms with van der Waals surface area (Å²) in [5.74, 6) is 0.943. The Morgan fingerprint density at radius 3 is 2.71 bits per heavy atom. The van der Waals surface area contributed by atoms with Crippen LogP contribution in [-0.4, -0.2) is 30.5 Å². The lowest BCUT2D eigenvalue weighted by atomic mass is 9.80. The summed E-state index contributed by atoms with van der Waals surface area (Å²) in [6, 6.07) is 7.81. The second kappa shape index (κ2) is 6.94. The van der Waals surface area contributed by atoms with Gasteiger partial charge in [0.05, 0.1) is 7.11 Å². The van der Waals surface area contributed by atoms with Crippen molar-refractivity contribution >= 4 is 5.91 Å². The SMILES string of the molecule is COc1cccc(CN(C)C(=O)CC2(N)CCCCC2)c1. The molecule has 0 aromatic heterocycles. The Morgan fingerprint density at radius 2 is 2.05 bits per heavy atom. The van der Waals surface area contributed by atoms with Gasteiger partial charge in [0.25, 0.3) is 0 Å². The first kappa shape index (κ1) is 15.8. The van der Waals surface area contributed by atoms with Crippen molar-refractivity contribution in [2.75, 3.05) is 14.2 Å². The lowest BCUT2D eigenvalue weighted by Crippen LogP contribution is -2.46. The van der Waals surface area contributed by atoms with Crippen molar-refractivity contribution < 1.29 is 9.53 Å². The predicted molar refractivity (Wildman–Crippen MR) is 84.1 cm³/mol. The molecule has 4 heteroatoms. The molecule has 1 aromatic rings. The lowest BCUT2D eigenvalue weighted by Gasteiger charge is -2.34. The summed E-state index contributed by atoms with van der Waals surface area (Å²) in [6.07, 6.45) is 5.91. The Hall–Kier alpha value is -1.55. The van der Waals surface area contributed by atoms with Crippen LogP contribution in [0.3, 0.4) is 0 Å². The fraction of sp³-hybridized carbons (Fsp3) is 0.588. The van der Waals surface area contributed by atoms with Crippen LogP contribution in [0.15, 0.2) is 24.3 Å². The molecule has 21 heavy (non-hydrogen) atoms. The molecule has 2 rings (SSSR count). The van der Waals surface area contributed by atoms with Gasteiger partial charge in [-0.2, -0.15) is 0 Å². The monoisotopic (exact) mass is 290 g/mol. The summed E-state index contributed by atoms with van der Waals surface area (Å²) in [5.41, 5.74) is 7.14. The zero-order valence-corrected chi connectivity index (χ0v) is 13.1. The third kappa shape index (κ3) is 4.46. The van der Waals surface area contributed by atoms with Gasteiger partial charge in [-0.25, -0.2) is 0 Å². The van der Waals surface area contributed by atoms with Gasteiger partial charge in [-0.1, -0.05) is 31.4 Å². The van der Waals surface area contributed by atoms with Crippen LogP contribution in [-0.2, 0) is 11.3 Å². The number of ether oxygens (including phenoxy) is 1. The first-order valence-electron chi connectivity index (χ1n) is 7.68. The fourth-order valence-electron chi connectivity index (χ4n) is 3.00. The Labute approximate surface area is 127 Å². The Morgan fingerprint density at radius 1 is 1.33 bits per heavy atom. The summed E-state index contributed by atoms with van der Waals surface area (Å²) in [4.78, 5) is 14.2. The molecule has 1 aromatic carbocycles. The summed E-state index contributed by atoms with van der Waals surface area (Å²) >= 11 is 0.